The number of hydrogen-bond donors (Lipinski definition) is 1. The molecule has 0 unspecified atom stereocenters. The Morgan fingerprint density at radius 1 is 1.10 bits per heavy atom. The number of nitrogens with zero attached hydrogens (tertiary/aromatic N) is 1. The minimum atomic E-state index is -3.72. The number of rotatable bonds is 9. The van der Waals surface area contributed by atoms with Crippen molar-refractivity contribution in [3.8, 4) is 5.75 Å². The first-order valence-corrected chi connectivity index (χ1v) is 11.2. The normalized spacial score (nSPS) is 13.7. The average molecular weight is 419 g/mol. The van der Waals surface area contributed by atoms with Crippen LogP contribution in [0.3, 0.4) is 0 Å². The van der Waals surface area contributed by atoms with Crippen molar-refractivity contribution in [2.24, 2.45) is 5.92 Å². The van der Waals surface area contributed by atoms with Gasteiger partial charge < -0.3 is 10.1 Å². The van der Waals surface area contributed by atoms with E-state index in [1.807, 2.05) is 44.2 Å². The van der Waals surface area contributed by atoms with E-state index in [4.69, 9.17) is 4.74 Å². The fourth-order valence-corrected chi connectivity index (χ4v) is 4.16. The summed E-state index contributed by atoms with van der Waals surface area (Å²) in [5.74, 6) is -0.101. The van der Waals surface area contributed by atoms with Gasteiger partial charge in [-0.15, -0.1) is 0 Å². The van der Waals surface area contributed by atoms with Gasteiger partial charge in [-0.1, -0.05) is 50.6 Å². The number of benzene rings is 2. The second-order valence-corrected chi connectivity index (χ2v) is 9.27. The van der Waals surface area contributed by atoms with Crippen LogP contribution in [0.25, 0.3) is 0 Å². The molecule has 1 amide bonds. The van der Waals surface area contributed by atoms with E-state index in [2.05, 4.69) is 5.32 Å². The topological polar surface area (TPSA) is 75.7 Å². The second-order valence-electron chi connectivity index (χ2n) is 7.15. The molecule has 0 radical (unpaired) electrons. The number of amides is 1. The first kappa shape index (κ1) is 22.9. The van der Waals surface area contributed by atoms with Gasteiger partial charge in [-0.2, -0.15) is 0 Å². The minimum absolute atomic E-state index is 0.0296. The van der Waals surface area contributed by atoms with Crippen LogP contribution >= 0.6 is 0 Å². The van der Waals surface area contributed by atoms with Crippen molar-refractivity contribution >= 4 is 21.6 Å². The molecule has 0 spiro atoms. The Labute approximate surface area is 173 Å². The summed E-state index contributed by atoms with van der Waals surface area (Å²) in [5.41, 5.74) is 1.36. The molecule has 1 N–H and O–H groups in total. The number of carbonyl (C=O) groups excluding carboxylic acids is 1. The smallest absolute Gasteiger partial charge is 0.246 e. The van der Waals surface area contributed by atoms with E-state index in [1.54, 1.807) is 19.1 Å². The van der Waals surface area contributed by atoms with Crippen LogP contribution in [0.15, 0.2) is 53.4 Å². The van der Waals surface area contributed by atoms with Crippen LogP contribution in [-0.2, 0) is 14.8 Å². The molecule has 2 atom stereocenters. The molecule has 0 aliphatic heterocycles. The summed E-state index contributed by atoms with van der Waals surface area (Å²) in [6.45, 7) is 6.22. The van der Waals surface area contributed by atoms with E-state index < -0.39 is 10.0 Å². The third-order valence-corrected chi connectivity index (χ3v) is 6.76. The maximum atomic E-state index is 13.1. The zero-order chi connectivity index (χ0) is 21.6. The monoisotopic (exact) mass is 418 g/mol. The molecule has 2 rings (SSSR count). The van der Waals surface area contributed by atoms with Crippen molar-refractivity contribution in [2.45, 2.75) is 38.0 Å². The number of ether oxygens (including phenoxy) is 1. The Balaban J connectivity index is 2.40. The molecule has 0 heterocycles. The maximum absolute atomic E-state index is 13.1. The summed E-state index contributed by atoms with van der Waals surface area (Å²) in [5, 5.41) is 2.90. The van der Waals surface area contributed by atoms with Crippen molar-refractivity contribution in [1.29, 1.82) is 0 Å². The zero-order valence-electron chi connectivity index (χ0n) is 17.7. The van der Waals surface area contributed by atoms with E-state index in [0.29, 0.717) is 12.3 Å². The third-order valence-electron chi connectivity index (χ3n) is 4.92. The largest absolute Gasteiger partial charge is 0.492 e. The van der Waals surface area contributed by atoms with E-state index in [9.17, 15) is 13.2 Å². The Morgan fingerprint density at radius 2 is 1.76 bits per heavy atom. The quantitative estimate of drug-likeness (QED) is 0.665. The van der Waals surface area contributed by atoms with Crippen molar-refractivity contribution in [2.75, 3.05) is 26.0 Å². The van der Waals surface area contributed by atoms with Crippen LogP contribution in [0.5, 0.6) is 5.75 Å². The first-order valence-electron chi connectivity index (χ1n) is 9.77. The molecule has 2 aromatic carbocycles. The van der Waals surface area contributed by atoms with Gasteiger partial charge in [0.2, 0.25) is 15.9 Å². The van der Waals surface area contributed by atoms with Gasteiger partial charge in [0.15, 0.2) is 0 Å². The molecule has 7 heteroatoms. The lowest BCUT2D eigenvalue weighted by molar-refractivity contribution is -0.118. The van der Waals surface area contributed by atoms with Crippen molar-refractivity contribution in [3.05, 3.63) is 54.1 Å². The molecule has 0 bridgehead atoms. The number of carbonyl (C=O) groups is 1. The molecule has 0 saturated carbocycles. The fourth-order valence-electron chi connectivity index (χ4n) is 3.11. The lowest BCUT2D eigenvalue weighted by Gasteiger charge is -2.23. The van der Waals surface area contributed by atoms with Gasteiger partial charge in [0.05, 0.1) is 12.5 Å². The van der Waals surface area contributed by atoms with E-state index in [-0.39, 0.29) is 28.4 Å². The second kappa shape index (κ2) is 9.89. The van der Waals surface area contributed by atoms with E-state index in [0.717, 1.165) is 16.3 Å². The fraction of sp³-hybridized carbons (Fsp3) is 0.409. The Morgan fingerprint density at radius 3 is 2.31 bits per heavy atom. The highest BCUT2D eigenvalue weighted by molar-refractivity contribution is 7.89. The average Bonchev–Trinajstić information content (AvgIpc) is 2.69. The van der Waals surface area contributed by atoms with Gasteiger partial charge in [-0.3, -0.25) is 4.79 Å². The zero-order valence-corrected chi connectivity index (χ0v) is 18.5. The van der Waals surface area contributed by atoms with Gasteiger partial charge in [0, 0.05) is 19.8 Å². The van der Waals surface area contributed by atoms with Gasteiger partial charge in [0.1, 0.15) is 10.6 Å². The lowest BCUT2D eigenvalue weighted by Crippen LogP contribution is -2.27. The van der Waals surface area contributed by atoms with Crippen LogP contribution in [0.2, 0.25) is 0 Å². The Kier molecular flexibility index (Phi) is 7.81. The summed E-state index contributed by atoms with van der Waals surface area (Å²) < 4.78 is 32.0. The number of anilines is 1. The van der Waals surface area contributed by atoms with Gasteiger partial charge in [-0.05, 0) is 36.6 Å². The summed E-state index contributed by atoms with van der Waals surface area (Å²) in [6.07, 6.45) is 0.844. The molecule has 0 fully saturated rings. The number of nitrogens with one attached hydrogen (secondary N) is 1. The summed E-state index contributed by atoms with van der Waals surface area (Å²) in [7, 11) is -0.798. The third kappa shape index (κ3) is 5.36. The van der Waals surface area contributed by atoms with Gasteiger partial charge in [0.25, 0.3) is 0 Å². The minimum Gasteiger partial charge on any atom is -0.492 e. The van der Waals surface area contributed by atoms with Crippen LogP contribution in [0.4, 0.5) is 5.69 Å². The Hall–Kier alpha value is -2.38. The molecule has 158 valence electrons. The highest BCUT2D eigenvalue weighted by Gasteiger charge is 2.27. The molecule has 0 aromatic heterocycles. The van der Waals surface area contributed by atoms with Crippen molar-refractivity contribution in [1.82, 2.24) is 4.31 Å². The highest BCUT2D eigenvalue weighted by Crippen LogP contribution is 2.32. The molecule has 0 aliphatic carbocycles. The van der Waals surface area contributed by atoms with Crippen molar-refractivity contribution in [3.63, 3.8) is 0 Å². The van der Waals surface area contributed by atoms with Gasteiger partial charge >= 0.3 is 0 Å². The summed E-state index contributed by atoms with van der Waals surface area (Å²) in [6, 6.07) is 14.3. The first-order chi connectivity index (χ1) is 13.7. The predicted octanol–water partition coefficient (Wildman–Crippen LogP) is 4.10. The molecular formula is C22H30N2O4S. The predicted molar refractivity (Wildman–Crippen MR) is 116 cm³/mol. The van der Waals surface area contributed by atoms with E-state index in [1.165, 1.54) is 20.2 Å². The molecular weight excluding hydrogens is 388 g/mol. The molecule has 6 nitrogen and oxygen atoms in total. The molecule has 0 saturated heterocycles. The van der Waals surface area contributed by atoms with Crippen molar-refractivity contribution < 1.29 is 17.9 Å². The number of hydrogen-bond acceptors (Lipinski definition) is 4. The lowest BCUT2D eigenvalue weighted by atomic mass is 9.85. The van der Waals surface area contributed by atoms with E-state index >= 15 is 0 Å². The molecule has 0 aliphatic rings. The highest BCUT2D eigenvalue weighted by atomic mass is 32.2. The standard InChI is InChI=1S/C22H30N2O4S/c1-6-16(3)21(17-11-9-8-10-12-17)22(25)23-18-13-14-19(28-7-2)20(15-18)29(26,27)24(4)5/h8-16,21H,6-7H2,1-5H3,(H,23,25)/t16-,21-/m1/s1. The number of sulfonamides is 1. The molecule has 29 heavy (non-hydrogen) atoms. The van der Waals surface area contributed by atoms with Gasteiger partial charge in [-0.25, -0.2) is 12.7 Å². The van der Waals surface area contributed by atoms with Crippen LogP contribution in [-0.4, -0.2) is 39.3 Å². The summed E-state index contributed by atoms with van der Waals surface area (Å²) in [4.78, 5) is 13.1. The summed E-state index contributed by atoms with van der Waals surface area (Å²) >= 11 is 0. The molecule has 2 aromatic rings. The van der Waals surface area contributed by atoms with Crippen LogP contribution in [0, 0.1) is 5.92 Å². The maximum Gasteiger partial charge on any atom is 0.246 e. The Bertz CT molecular complexity index is 927. The van der Waals surface area contributed by atoms with Crippen LogP contribution < -0.4 is 10.1 Å². The SMILES string of the molecule is CCOc1ccc(NC(=O)[C@@H](c2ccccc2)[C@H](C)CC)cc1S(=O)(=O)N(C)C. The van der Waals surface area contributed by atoms with Crippen LogP contribution in [0.1, 0.15) is 38.7 Å².